The van der Waals surface area contributed by atoms with Crippen molar-refractivity contribution in [1.29, 1.82) is 0 Å². The Hall–Kier alpha value is -3.69. The Morgan fingerprint density at radius 2 is 1.50 bits per heavy atom. The number of nitrogens with one attached hydrogen (secondary N) is 1. The number of hydrogen-bond donors (Lipinski definition) is 1. The number of rotatable bonds is 6. The zero-order valence-corrected chi connectivity index (χ0v) is 19.6. The largest absolute Gasteiger partial charge is 0.341 e. The van der Waals surface area contributed by atoms with Gasteiger partial charge in [-0.15, -0.1) is 0 Å². The van der Waals surface area contributed by atoms with Gasteiger partial charge in [-0.25, -0.2) is 0 Å². The number of benzene rings is 4. The average molecular weight is 447 g/mol. The summed E-state index contributed by atoms with van der Waals surface area (Å²) in [7, 11) is 0. The molecular formula is C31H30N2O. The molecule has 1 atom stereocenters. The summed E-state index contributed by atoms with van der Waals surface area (Å²) < 4.78 is 0. The molecule has 0 radical (unpaired) electrons. The van der Waals surface area contributed by atoms with E-state index in [-0.39, 0.29) is 11.9 Å². The molecule has 0 unspecified atom stereocenters. The first-order valence-corrected chi connectivity index (χ1v) is 12.0. The fraction of sp³-hybridized carbons (Fsp3) is 0.194. The third kappa shape index (κ3) is 4.95. The second kappa shape index (κ2) is 10.1. The van der Waals surface area contributed by atoms with Crippen LogP contribution < -0.4 is 5.32 Å². The van der Waals surface area contributed by atoms with E-state index in [1.807, 2.05) is 42.5 Å². The smallest absolute Gasteiger partial charge is 0.252 e. The number of aryl methyl sites for hydroxylation is 1. The van der Waals surface area contributed by atoms with Crippen LogP contribution in [0.3, 0.4) is 0 Å². The highest BCUT2D eigenvalue weighted by Crippen LogP contribution is 2.25. The summed E-state index contributed by atoms with van der Waals surface area (Å²) >= 11 is 0. The minimum absolute atomic E-state index is 0.0597. The number of amides is 1. The Kier molecular flexibility index (Phi) is 6.55. The first-order chi connectivity index (χ1) is 16.7. The normalized spacial score (nSPS) is 14.3. The molecule has 3 heteroatoms. The molecule has 34 heavy (non-hydrogen) atoms. The standard InChI is InChI=1S/C31H30N2O/c1-23-9-5-8-14-29(23)30(26-11-3-2-4-12-26)32-31(34)27-17-15-24(16-18-27)21-33-20-19-25-10-6-7-13-28(25)22-33/h2-18,30H,19-22H2,1H3,(H,32,34)/t30-/m0/s1. The average Bonchev–Trinajstić information content (AvgIpc) is 2.88. The third-order valence-electron chi connectivity index (χ3n) is 6.74. The van der Waals surface area contributed by atoms with Gasteiger partial charge in [-0.2, -0.15) is 0 Å². The number of hydrogen-bond acceptors (Lipinski definition) is 2. The summed E-state index contributed by atoms with van der Waals surface area (Å²) in [6, 6.07) is 35.0. The Balaban J connectivity index is 1.29. The molecule has 0 saturated carbocycles. The van der Waals surface area contributed by atoms with Crippen molar-refractivity contribution in [2.24, 2.45) is 0 Å². The fourth-order valence-electron chi connectivity index (χ4n) is 4.82. The predicted molar refractivity (Wildman–Crippen MR) is 138 cm³/mol. The van der Waals surface area contributed by atoms with Crippen molar-refractivity contribution in [1.82, 2.24) is 10.2 Å². The van der Waals surface area contributed by atoms with E-state index >= 15 is 0 Å². The van der Waals surface area contributed by atoms with Crippen LogP contribution in [0.4, 0.5) is 0 Å². The van der Waals surface area contributed by atoms with Crippen LogP contribution in [-0.2, 0) is 19.5 Å². The fourth-order valence-corrected chi connectivity index (χ4v) is 4.82. The van der Waals surface area contributed by atoms with Crippen LogP contribution in [0.5, 0.6) is 0 Å². The van der Waals surface area contributed by atoms with E-state index in [0.29, 0.717) is 5.56 Å². The molecule has 0 aromatic heterocycles. The molecule has 0 saturated heterocycles. The Labute approximate surface area is 202 Å². The summed E-state index contributed by atoms with van der Waals surface area (Å²) in [5.74, 6) is -0.0597. The molecule has 1 aliphatic rings. The molecule has 1 amide bonds. The SMILES string of the molecule is Cc1ccccc1[C@@H](NC(=O)c1ccc(CN2CCc3ccccc3C2)cc1)c1ccccc1. The maximum atomic E-state index is 13.2. The maximum absolute atomic E-state index is 13.2. The van der Waals surface area contributed by atoms with Gasteiger partial charge in [0.2, 0.25) is 0 Å². The zero-order valence-electron chi connectivity index (χ0n) is 19.6. The lowest BCUT2D eigenvalue weighted by molar-refractivity contribution is 0.0943. The number of nitrogens with zero attached hydrogens (tertiary/aromatic N) is 1. The molecule has 170 valence electrons. The molecule has 0 fully saturated rings. The van der Waals surface area contributed by atoms with Gasteiger partial charge in [-0.05, 0) is 58.9 Å². The molecule has 0 spiro atoms. The van der Waals surface area contributed by atoms with Gasteiger partial charge in [-0.1, -0.05) is 91.0 Å². The monoisotopic (exact) mass is 446 g/mol. The van der Waals surface area contributed by atoms with Crippen molar-refractivity contribution in [2.75, 3.05) is 6.54 Å². The van der Waals surface area contributed by atoms with E-state index in [4.69, 9.17) is 0 Å². The summed E-state index contributed by atoms with van der Waals surface area (Å²) in [6.07, 6.45) is 1.09. The van der Waals surface area contributed by atoms with Crippen molar-refractivity contribution >= 4 is 5.91 Å². The van der Waals surface area contributed by atoms with E-state index in [0.717, 1.165) is 42.7 Å². The van der Waals surface area contributed by atoms with Crippen molar-refractivity contribution in [2.45, 2.75) is 32.5 Å². The molecular weight excluding hydrogens is 416 g/mol. The molecule has 1 aliphatic heterocycles. The van der Waals surface area contributed by atoms with Gasteiger partial charge in [0.05, 0.1) is 6.04 Å². The minimum atomic E-state index is -0.192. The van der Waals surface area contributed by atoms with Gasteiger partial charge in [0.25, 0.3) is 5.91 Å². The third-order valence-corrected chi connectivity index (χ3v) is 6.74. The first kappa shape index (κ1) is 22.1. The zero-order chi connectivity index (χ0) is 23.3. The lowest BCUT2D eigenvalue weighted by Crippen LogP contribution is -2.30. The lowest BCUT2D eigenvalue weighted by atomic mass is 9.94. The summed E-state index contributed by atoms with van der Waals surface area (Å²) in [5.41, 5.74) is 8.16. The molecule has 1 heterocycles. The second-order valence-electron chi connectivity index (χ2n) is 9.10. The number of carbonyl (C=O) groups is 1. The maximum Gasteiger partial charge on any atom is 0.252 e. The highest BCUT2D eigenvalue weighted by atomic mass is 16.1. The van der Waals surface area contributed by atoms with Crippen molar-refractivity contribution < 1.29 is 4.79 Å². The highest BCUT2D eigenvalue weighted by molar-refractivity contribution is 5.94. The highest BCUT2D eigenvalue weighted by Gasteiger charge is 2.20. The van der Waals surface area contributed by atoms with Gasteiger partial charge in [0, 0.05) is 25.2 Å². The summed E-state index contributed by atoms with van der Waals surface area (Å²) in [4.78, 5) is 15.7. The molecule has 4 aromatic rings. The van der Waals surface area contributed by atoms with Gasteiger partial charge in [0.1, 0.15) is 0 Å². The van der Waals surface area contributed by atoms with Crippen LogP contribution in [0.1, 0.15) is 49.8 Å². The Morgan fingerprint density at radius 3 is 2.26 bits per heavy atom. The van der Waals surface area contributed by atoms with Crippen LogP contribution in [0.2, 0.25) is 0 Å². The number of fused-ring (bicyclic) bond motifs is 1. The van der Waals surface area contributed by atoms with E-state index in [1.165, 1.54) is 16.7 Å². The topological polar surface area (TPSA) is 32.3 Å². The molecule has 4 aromatic carbocycles. The quantitative estimate of drug-likeness (QED) is 0.390. The summed E-state index contributed by atoms with van der Waals surface area (Å²) in [6.45, 7) is 5.03. The molecule has 1 N–H and O–H groups in total. The summed E-state index contributed by atoms with van der Waals surface area (Å²) in [5, 5.41) is 3.27. The van der Waals surface area contributed by atoms with E-state index < -0.39 is 0 Å². The lowest BCUT2D eigenvalue weighted by Gasteiger charge is -2.28. The molecule has 3 nitrogen and oxygen atoms in total. The molecule has 0 aliphatic carbocycles. The number of carbonyl (C=O) groups excluding carboxylic acids is 1. The van der Waals surface area contributed by atoms with Crippen molar-refractivity contribution in [3.8, 4) is 0 Å². The van der Waals surface area contributed by atoms with Crippen LogP contribution in [0.25, 0.3) is 0 Å². The Morgan fingerprint density at radius 1 is 0.824 bits per heavy atom. The van der Waals surface area contributed by atoms with Gasteiger partial charge in [0.15, 0.2) is 0 Å². The van der Waals surface area contributed by atoms with Gasteiger partial charge in [-0.3, -0.25) is 9.69 Å². The second-order valence-corrected chi connectivity index (χ2v) is 9.10. The van der Waals surface area contributed by atoms with Gasteiger partial charge < -0.3 is 5.32 Å². The van der Waals surface area contributed by atoms with Crippen LogP contribution in [0, 0.1) is 6.92 Å². The van der Waals surface area contributed by atoms with Gasteiger partial charge >= 0.3 is 0 Å². The van der Waals surface area contributed by atoms with Crippen molar-refractivity contribution in [3.05, 3.63) is 142 Å². The molecule has 5 rings (SSSR count). The van der Waals surface area contributed by atoms with E-state index in [2.05, 4.69) is 77.8 Å². The Bertz CT molecular complexity index is 1260. The van der Waals surface area contributed by atoms with Crippen LogP contribution in [-0.4, -0.2) is 17.4 Å². The van der Waals surface area contributed by atoms with Crippen LogP contribution >= 0.6 is 0 Å². The van der Waals surface area contributed by atoms with E-state index in [1.54, 1.807) is 0 Å². The first-order valence-electron chi connectivity index (χ1n) is 12.0. The van der Waals surface area contributed by atoms with E-state index in [9.17, 15) is 4.79 Å². The minimum Gasteiger partial charge on any atom is -0.341 e. The molecule has 0 bridgehead atoms. The van der Waals surface area contributed by atoms with Crippen LogP contribution in [0.15, 0.2) is 103 Å². The van der Waals surface area contributed by atoms with Crippen molar-refractivity contribution in [3.63, 3.8) is 0 Å². The predicted octanol–water partition coefficient (Wildman–Crippen LogP) is 6.07.